The van der Waals surface area contributed by atoms with Crippen LogP contribution in [0.4, 0.5) is 23.0 Å². The Morgan fingerprint density at radius 1 is 1.05 bits per heavy atom. The van der Waals surface area contributed by atoms with Crippen LogP contribution in [0.2, 0.25) is 0 Å². The van der Waals surface area contributed by atoms with E-state index in [2.05, 4.69) is 43.0 Å². The van der Waals surface area contributed by atoms with Gasteiger partial charge in [0.2, 0.25) is 11.9 Å². The van der Waals surface area contributed by atoms with Gasteiger partial charge in [0.1, 0.15) is 17.7 Å². The molecule has 5 aromatic rings. The summed E-state index contributed by atoms with van der Waals surface area (Å²) < 4.78 is 7.57. The van der Waals surface area contributed by atoms with Crippen molar-refractivity contribution in [3.8, 4) is 16.9 Å². The van der Waals surface area contributed by atoms with E-state index in [1.807, 2.05) is 80.4 Å². The van der Waals surface area contributed by atoms with E-state index in [9.17, 15) is 4.79 Å². The van der Waals surface area contributed by atoms with Crippen LogP contribution in [-0.4, -0.2) is 71.5 Å². The Hall–Kier alpha value is -4.96. The maximum atomic E-state index is 12.2. The lowest BCUT2D eigenvalue weighted by atomic mass is 10.1. The smallest absolute Gasteiger partial charge is 0.247 e. The zero-order valence-electron chi connectivity index (χ0n) is 23.0. The van der Waals surface area contributed by atoms with Gasteiger partial charge in [-0.15, -0.1) is 0 Å². The number of anilines is 4. The van der Waals surface area contributed by atoms with E-state index in [4.69, 9.17) is 9.72 Å². The SMILES string of the molecule is C=CC(=O)Nc1cc(Nc2ncn3cc(-c4cnc5ccccc5c4)cc3n2)c(OC)cc1N(C)CCN(C)C. The molecule has 0 fully saturated rings. The molecule has 40 heavy (non-hydrogen) atoms. The number of carbonyl (C=O) groups is 1. The van der Waals surface area contributed by atoms with Gasteiger partial charge in [0.25, 0.3) is 0 Å². The second-order valence-electron chi connectivity index (χ2n) is 9.70. The molecule has 10 heteroatoms. The fourth-order valence-electron chi connectivity index (χ4n) is 4.38. The highest BCUT2D eigenvalue weighted by Gasteiger charge is 2.17. The second-order valence-corrected chi connectivity index (χ2v) is 9.70. The number of nitrogens with one attached hydrogen (secondary N) is 2. The summed E-state index contributed by atoms with van der Waals surface area (Å²) in [6.45, 7) is 5.18. The number of aromatic nitrogens is 4. The molecule has 0 radical (unpaired) electrons. The van der Waals surface area contributed by atoms with E-state index < -0.39 is 0 Å². The van der Waals surface area contributed by atoms with E-state index in [1.54, 1.807) is 13.4 Å². The summed E-state index contributed by atoms with van der Waals surface area (Å²) in [5, 5.41) is 7.25. The summed E-state index contributed by atoms with van der Waals surface area (Å²) in [4.78, 5) is 30.2. The molecule has 2 aromatic carbocycles. The monoisotopic (exact) mass is 536 g/mol. The van der Waals surface area contributed by atoms with E-state index in [1.165, 1.54) is 6.08 Å². The molecule has 204 valence electrons. The standard InChI is InChI=1S/C30H32N8O2/c1-6-29(39)33-24-15-25(27(40-5)16-26(24)37(4)12-11-36(2)3)34-30-32-19-38-18-22(14-28(38)35-30)21-13-20-9-7-8-10-23(20)31-17-21/h6-10,13-19H,1,11-12H2,2-5H3,(H,33,39)(H,34,35). The largest absolute Gasteiger partial charge is 0.494 e. The number of ether oxygens (including phenoxy) is 1. The first-order chi connectivity index (χ1) is 19.3. The number of hydrogen-bond donors (Lipinski definition) is 2. The first-order valence-electron chi connectivity index (χ1n) is 12.8. The van der Waals surface area contributed by atoms with Gasteiger partial charge in [-0.2, -0.15) is 4.98 Å². The Balaban J connectivity index is 1.46. The Kier molecular flexibility index (Phi) is 7.61. The van der Waals surface area contributed by atoms with Crippen LogP contribution >= 0.6 is 0 Å². The van der Waals surface area contributed by atoms with Crippen LogP contribution in [0, 0.1) is 0 Å². The second kappa shape index (κ2) is 11.4. The summed E-state index contributed by atoms with van der Waals surface area (Å²) >= 11 is 0. The van der Waals surface area contributed by atoms with Gasteiger partial charge in [-0.05, 0) is 44.4 Å². The number of nitrogens with zero attached hydrogens (tertiary/aromatic N) is 6. The third-order valence-electron chi connectivity index (χ3n) is 6.58. The van der Waals surface area contributed by atoms with Gasteiger partial charge in [-0.1, -0.05) is 24.8 Å². The molecule has 0 aliphatic rings. The van der Waals surface area contributed by atoms with Crippen molar-refractivity contribution in [1.82, 2.24) is 24.3 Å². The van der Waals surface area contributed by atoms with Crippen LogP contribution in [0.3, 0.4) is 0 Å². The molecule has 0 saturated heterocycles. The maximum absolute atomic E-state index is 12.2. The van der Waals surface area contributed by atoms with Gasteiger partial charge >= 0.3 is 0 Å². The molecule has 0 unspecified atom stereocenters. The number of benzene rings is 2. The predicted molar refractivity (Wildman–Crippen MR) is 161 cm³/mol. The molecular formula is C30H32N8O2. The molecule has 0 bridgehead atoms. The first kappa shape index (κ1) is 26.6. The van der Waals surface area contributed by atoms with Crippen LogP contribution in [0.25, 0.3) is 27.7 Å². The lowest BCUT2D eigenvalue weighted by molar-refractivity contribution is -0.111. The fraction of sp³-hybridized carbons (Fsp3) is 0.200. The van der Waals surface area contributed by atoms with Crippen LogP contribution < -0.4 is 20.3 Å². The summed E-state index contributed by atoms with van der Waals surface area (Å²) in [6, 6.07) is 15.8. The van der Waals surface area contributed by atoms with Crippen molar-refractivity contribution >= 4 is 45.5 Å². The molecule has 2 N–H and O–H groups in total. The Bertz CT molecular complexity index is 1690. The quantitative estimate of drug-likeness (QED) is 0.245. The minimum Gasteiger partial charge on any atom is -0.494 e. The summed E-state index contributed by atoms with van der Waals surface area (Å²) in [7, 11) is 7.62. The molecule has 0 aliphatic heterocycles. The summed E-state index contributed by atoms with van der Waals surface area (Å²) in [6.07, 6.45) is 6.80. The minimum atomic E-state index is -0.306. The number of amides is 1. The van der Waals surface area contributed by atoms with Crippen LogP contribution in [0.15, 0.2) is 79.9 Å². The third-order valence-corrected chi connectivity index (χ3v) is 6.58. The zero-order valence-corrected chi connectivity index (χ0v) is 23.0. The number of pyridine rings is 1. The molecule has 0 aliphatic carbocycles. The lowest BCUT2D eigenvalue weighted by Gasteiger charge is -2.25. The van der Waals surface area contributed by atoms with Gasteiger partial charge in [-0.3, -0.25) is 14.2 Å². The molecule has 0 spiro atoms. The number of carbonyl (C=O) groups excluding carboxylic acids is 1. The van der Waals surface area contributed by atoms with E-state index >= 15 is 0 Å². The van der Waals surface area contributed by atoms with Crippen molar-refractivity contribution in [2.24, 2.45) is 0 Å². The van der Waals surface area contributed by atoms with Gasteiger partial charge in [0.05, 0.1) is 29.7 Å². The third kappa shape index (κ3) is 5.71. The lowest BCUT2D eigenvalue weighted by Crippen LogP contribution is -2.29. The average molecular weight is 537 g/mol. The van der Waals surface area contributed by atoms with Crippen molar-refractivity contribution < 1.29 is 9.53 Å². The van der Waals surface area contributed by atoms with Gasteiger partial charge in [0.15, 0.2) is 0 Å². The van der Waals surface area contributed by atoms with Crippen molar-refractivity contribution in [1.29, 1.82) is 0 Å². The molecule has 10 nitrogen and oxygen atoms in total. The van der Waals surface area contributed by atoms with Crippen molar-refractivity contribution in [3.63, 3.8) is 0 Å². The number of likely N-dealkylation sites (N-methyl/N-ethyl adjacent to an activating group) is 2. The van der Waals surface area contributed by atoms with E-state index in [0.717, 1.165) is 46.5 Å². The van der Waals surface area contributed by atoms with E-state index in [-0.39, 0.29) is 5.91 Å². The zero-order chi connectivity index (χ0) is 28.2. The Morgan fingerprint density at radius 3 is 2.65 bits per heavy atom. The normalized spacial score (nSPS) is 11.1. The Labute approximate surface area is 232 Å². The Morgan fingerprint density at radius 2 is 1.88 bits per heavy atom. The van der Waals surface area contributed by atoms with Crippen molar-refractivity contribution in [2.75, 3.05) is 56.9 Å². The predicted octanol–water partition coefficient (Wildman–Crippen LogP) is 4.82. The van der Waals surface area contributed by atoms with Gasteiger partial charge < -0.3 is 25.2 Å². The van der Waals surface area contributed by atoms with Crippen LogP contribution in [-0.2, 0) is 4.79 Å². The maximum Gasteiger partial charge on any atom is 0.247 e. The topological polar surface area (TPSA) is 99.9 Å². The fourth-order valence-corrected chi connectivity index (χ4v) is 4.38. The number of fused-ring (bicyclic) bond motifs is 2. The number of rotatable bonds is 10. The summed E-state index contributed by atoms with van der Waals surface area (Å²) in [5.41, 5.74) is 5.70. The van der Waals surface area contributed by atoms with E-state index in [0.29, 0.717) is 23.1 Å². The van der Waals surface area contributed by atoms with Gasteiger partial charge in [0, 0.05) is 55.1 Å². The number of hydrogen-bond acceptors (Lipinski definition) is 8. The average Bonchev–Trinajstić information content (AvgIpc) is 3.39. The van der Waals surface area contributed by atoms with Crippen LogP contribution in [0.5, 0.6) is 5.75 Å². The molecule has 0 saturated carbocycles. The molecule has 1 amide bonds. The van der Waals surface area contributed by atoms with Crippen molar-refractivity contribution in [3.05, 3.63) is 79.9 Å². The number of para-hydroxylation sites is 1. The first-order valence-corrected chi connectivity index (χ1v) is 12.8. The van der Waals surface area contributed by atoms with Crippen LogP contribution in [0.1, 0.15) is 0 Å². The number of methoxy groups -OCH3 is 1. The molecule has 0 atom stereocenters. The minimum absolute atomic E-state index is 0.306. The molecule has 5 rings (SSSR count). The molecule has 3 heterocycles. The molecular weight excluding hydrogens is 504 g/mol. The summed E-state index contributed by atoms with van der Waals surface area (Å²) in [5.74, 6) is 0.673. The highest BCUT2D eigenvalue weighted by atomic mass is 16.5. The highest BCUT2D eigenvalue weighted by Crippen LogP contribution is 2.38. The highest BCUT2D eigenvalue weighted by molar-refractivity contribution is 6.02. The molecule has 3 aromatic heterocycles. The van der Waals surface area contributed by atoms with Gasteiger partial charge in [-0.25, -0.2) is 4.98 Å². The van der Waals surface area contributed by atoms with Crippen molar-refractivity contribution in [2.45, 2.75) is 0 Å².